The van der Waals surface area contributed by atoms with Gasteiger partial charge in [0.25, 0.3) is 10.0 Å². The molecule has 0 radical (unpaired) electrons. The van der Waals surface area contributed by atoms with E-state index in [0.29, 0.717) is 6.42 Å². The molecule has 2 atom stereocenters. The number of rotatable bonds is 5. The van der Waals surface area contributed by atoms with Crippen molar-refractivity contribution in [3.8, 4) is 11.5 Å². The number of carbonyl (C=O) groups is 1. The van der Waals surface area contributed by atoms with E-state index in [1.54, 1.807) is 6.07 Å². The van der Waals surface area contributed by atoms with Crippen LogP contribution in [0.1, 0.15) is 13.3 Å². The van der Waals surface area contributed by atoms with E-state index in [4.69, 9.17) is 9.47 Å². The molecular weight excluding hydrogens is 322 g/mol. The van der Waals surface area contributed by atoms with Crippen molar-refractivity contribution in [1.82, 2.24) is 4.31 Å². The predicted octanol–water partition coefficient (Wildman–Crippen LogP) is 1.44. The van der Waals surface area contributed by atoms with E-state index in [9.17, 15) is 18.3 Å². The SMILES string of the molecule is COc1cccc(OC)c1S(=O)(=O)N1CC(C)CC(C(=O)O)C1. The molecule has 1 aliphatic rings. The summed E-state index contributed by atoms with van der Waals surface area (Å²) in [6.07, 6.45) is 0.463. The summed E-state index contributed by atoms with van der Waals surface area (Å²) in [6.45, 7) is 2.06. The predicted molar refractivity (Wildman–Crippen MR) is 83.2 cm³/mol. The molecule has 0 bridgehead atoms. The number of hydrogen-bond acceptors (Lipinski definition) is 5. The molecule has 23 heavy (non-hydrogen) atoms. The van der Waals surface area contributed by atoms with Crippen molar-refractivity contribution >= 4 is 16.0 Å². The van der Waals surface area contributed by atoms with Gasteiger partial charge in [-0.25, -0.2) is 8.42 Å². The van der Waals surface area contributed by atoms with Gasteiger partial charge < -0.3 is 14.6 Å². The highest BCUT2D eigenvalue weighted by Crippen LogP contribution is 2.37. The number of methoxy groups -OCH3 is 2. The minimum Gasteiger partial charge on any atom is -0.495 e. The molecule has 0 spiro atoms. The summed E-state index contributed by atoms with van der Waals surface area (Å²) in [5.41, 5.74) is 0. The lowest BCUT2D eigenvalue weighted by molar-refractivity contribution is -0.143. The second kappa shape index (κ2) is 6.76. The van der Waals surface area contributed by atoms with Crippen LogP contribution in [0.3, 0.4) is 0 Å². The van der Waals surface area contributed by atoms with Crippen molar-refractivity contribution in [3.63, 3.8) is 0 Å². The zero-order valence-electron chi connectivity index (χ0n) is 13.4. The Balaban J connectivity index is 2.48. The second-order valence-corrected chi connectivity index (χ2v) is 7.56. The summed E-state index contributed by atoms with van der Waals surface area (Å²) in [5.74, 6) is -1.39. The molecule has 1 heterocycles. The zero-order valence-corrected chi connectivity index (χ0v) is 14.2. The van der Waals surface area contributed by atoms with Crippen LogP contribution in [0, 0.1) is 11.8 Å². The largest absolute Gasteiger partial charge is 0.495 e. The van der Waals surface area contributed by atoms with Crippen LogP contribution in [0.15, 0.2) is 23.1 Å². The first-order valence-corrected chi connectivity index (χ1v) is 8.69. The van der Waals surface area contributed by atoms with Crippen LogP contribution in [-0.4, -0.2) is 51.1 Å². The minimum absolute atomic E-state index is 0.0414. The third-order valence-corrected chi connectivity index (χ3v) is 5.85. The number of nitrogens with zero attached hydrogens (tertiary/aromatic N) is 1. The van der Waals surface area contributed by atoms with Gasteiger partial charge in [-0.15, -0.1) is 0 Å². The van der Waals surface area contributed by atoms with Crippen LogP contribution in [0.4, 0.5) is 0 Å². The van der Waals surface area contributed by atoms with Gasteiger partial charge in [0, 0.05) is 13.1 Å². The van der Waals surface area contributed by atoms with Crippen molar-refractivity contribution in [2.45, 2.75) is 18.2 Å². The van der Waals surface area contributed by atoms with Crippen molar-refractivity contribution in [2.24, 2.45) is 11.8 Å². The molecule has 1 aliphatic heterocycles. The lowest BCUT2D eigenvalue weighted by Crippen LogP contribution is -2.45. The summed E-state index contributed by atoms with van der Waals surface area (Å²) < 4.78 is 37.6. The maximum absolute atomic E-state index is 13.0. The van der Waals surface area contributed by atoms with Crippen molar-refractivity contribution in [3.05, 3.63) is 18.2 Å². The molecule has 1 aromatic rings. The van der Waals surface area contributed by atoms with Crippen LogP contribution in [-0.2, 0) is 14.8 Å². The van der Waals surface area contributed by atoms with Crippen molar-refractivity contribution in [2.75, 3.05) is 27.3 Å². The van der Waals surface area contributed by atoms with E-state index in [-0.39, 0.29) is 35.4 Å². The first-order chi connectivity index (χ1) is 10.8. The van der Waals surface area contributed by atoms with E-state index in [0.717, 1.165) is 0 Å². The Morgan fingerprint density at radius 2 is 1.78 bits per heavy atom. The fourth-order valence-corrected chi connectivity index (χ4v) is 4.77. The maximum Gasteiger partial charge on any atom is 0.307 e. The molecule has 0 saturated carbocycles. The molecule has 1 N–H and O–H groups in total. The summed E-state index contributed by atoms with van der Waals surface area (Å²) >= 11 is 0. The third-order valence-electron chi connectivity index (χ3n) is 3.96. The van der Waals surface area contributed by atoms with E-state index >= 15 is 0 Å². The van der Waals surface area contributed by atoms with Gasteiger partial charge in [0.15, 0.2) is 4.90 Å². The average Bonchev–Trinajstić information content (AvgIpc) is 2.53. The molecule has 1 aromatic carbocycles. The van der Waals surface area contributed by atoms with Crippen LogP contribution < -0.4 is 9.47 Å². The quantitative estimate of drug-likeness (QED) is 0.869. The molecule has 128 valence electrons. The van der Waals surface area contributed by atoms with Gasteiger partial charge in [0.1, 0.15) is 11.5 Å². The maximum atomic E-state index is 13.0. The van der Waals surface area contributed by atoms with Crippen LogP contribution >= 0.6 is 0 Å². The third kappa shape index (κ3) is 3.42. The number of piperidine rings is 1. The Bertz CT molecular complexity index is 665. The minimum atomic E-state index is -3.93. The standard InChI is InChI=1S/C15H21NO6S/c1-10-7-11(15(17)18)9-16(8-10)23(19,20)14-12(21-2)5-4-6-13(14)22-3/h4-6,10-11H,7-9H2,1-3H3,(H,17,18). The number of hydrogen-bond donors (Lipinski definition) is 1. The lowest BCUT2D eigenvalue weighted by Gasteiger charge is -2.34. The highest BCUT2D eigenvalue weighted by Gasteiger charge is 2.38. The summed E-state index contributed by atoms with van der Waals surface area (Å²) in [5, 5.41) is 9.24. The number of aliphatic carboxylic acids is 1. The number of ether oxygens (including phenoxy) is 2. The van der Waals surface area contributed by atoms with Crippen molar-refractivity contribution < 1.29 is 27.8 Å². The Morgan fingerprint density at radius 1 is 1.22 bits per heavy atom. The number of carboxylic acid groups (broad SMARTS) is 1. The first-order valence-electron chi connectivity index (χ1n) is 7.25. The molecule has 2 rings (SSSR count). The highest BCUT2D eigenvalue weighted by atomic mass is 32.2. The van der Waals surface area contributed by atoms with E-state index in [1.165, 1.54) is 30.7 Å². The molecule has 1 saturated heterocycles. The van der Waals surface area contributed by atoms with Crippen LogP contribution in [0.5, 0.6) is 11.5 Å². The van der Waals surface area contributed by atoms with E-state index in [2.05, 4.69) is 0 Å². The van der Waals surface area contributed by atoms with E-state index < -0.39 is 21.9 Å². The number of carboxylic acids is 1. The highest BCUT2D eigenvalue weighted by molar-refractivity contribution is 7.89. The molecule has 7 nitrogen and oxygen atoms in total. The molecule has 2 unspecified atom stereocenters. The van der Waals surface area contributed by atoms with Gasteiger partial charge in [-0.2, -0.15) is 4.31 Å². The second-order valence-electron chi connectivity index (χ2n) is 5.69. The van der Waals surface area contributed by atoms with Gasteiger partial charge in [-0.05, 0) is 24.5 Å². The summed E-state index contributed by atoms with van der Waals surface area (Å²) in [4.78, 5) is 11.2. The van der Waals surface area contributed by atoms with Gasteiger partial charge in [0.05, 0.1) is 20.1 Å². The Morgan fingerprint density at radius 3 is 2.26 bits per heavy atom. The monoisotopic (exact) mass is 343 g/mol. The Kier molecular flexibility index (Phi) is 5.16. The zero-order chi connectivity index (χ0) is 17.2. The van der Waals surface area contributed by atoms with Gasteiger partial charge >= 0.3 is 5.97 Å². The van der Waals surface area contributed by atoms with Crippen LogP contribution in [0.2, 0.25) is 0 Å². The fraction of sp³-hybridized carbons (Fsp3) is 0.533. The molecule has 0 aromatic heterocycles. The smallest absolute Gasteiger partial charge is 0.307 e. The Hall–Kier alpha value is -1.80. The van der Waals surface area contributed by atoms with Crippen molar-refractivity contribution in [1.29, 1.82) is 0 Å². The normalized spacial score (nSPS) is 22.6. The van der Waals surface area contributed by atoms with Gasteiger partial charge in [0.2, 0.25) is 0 Å². The van der Waals surface area contributed by atoms with E-state index in [1.807, 2.05) is 6.92 Å². The molecule has 8 heteroatoms. The Labute approximate surface area is 135 Å². The fourth-order valence-electron chi connectivity index (χ4n) is 2.88. The topological polar surface area (TPSA) is 93.1 Å². The summed E-state index contributed by atoms with van der Waals surface area (Å²) in [7, 11) is -1.16. The molecule has 0 amide bonds. The van der Waals surface area contributed by atoms with Gasteiger partial charge in [-0.1, -0.05) is 13.0 Å². The van der Waals surface area contributed by atoms with Crippen LogP contribution in [0.25, 0.3) is 0 Å². The average molecular weight is 343 g/mol. The first kappa shape index (κ1) is 17.6. The molecule has 1 fully saturated rings. The summed E-state index contributed by atoms with van der Waals surface area (Å²) in [6, 6.07) is 4.71. The molecule has 0 aliphatic carbocycles. The van der Waals surface area contributed by atoms with Gasteiger partial charge in [-0.3, -0.25) is 4.79 Å². The number of benzene rings is 1. The number of sulfonamides is 1. The molecular formula is C15H21NO6S. The lowest BCUT2D eigenvalue weighted by atomic mass is 9.92.